The number of amides is 1. The number of fused-ring (bicyclic) bond motifs is 3. The predicted molar refractivity (Wildman–Crippen MR) is 108 cm³/mol. The van der Waals surface area contributed by atoms with Gasteiger partial charge in [-0.3, -0.25) is 5.32 Å². The summed E-state index contributed by atoms with van der Waals surface area (Å²) in [6.07, 6.45) is -0.760. The normalized spacial score (nSPS) is 12.2. The van der Waals surface area contributed by atoms with Crippen molar-refractivity contribution < 1.29 is 24.5 Å². The highest BCUT2D eigenvalue weighted by Crippen LogP contribution is 2.44. The van der Waals surface area contributed by atoms with Gasteiger partial charge in [0.15, 0.2) is 0 Å². The standard InChI is InChI=1S/C23H19NO5/c1-13-10-14(22(26)27)11-20(21(13)25)24-23(28)29-12-19-17-8-4-2-6-15(17)16-7-3-5-9-18(16)19/h2-11,19,25H,12H2,1H3,(H,24,28)(H,26,27). The number of benzene rings is 3. The number of phenols is 1. The molecule has 146 valence electrons. The maximum atomic E-state index is 12.3. The van der Waals surface area contributed by atoms with Crippen LogP contribution >= 0.6 is 0 Å². The predicted octanol–water partition coefficient (Wildman–Crippen LogP) is 4.76. The number of hydrogen-bond donors (Lipinski definition) is 3. The third-order valence-electron chi connectivity index (χ3n) is 5.13. The molecule has 6 heteroatoms. The summed E-state index contributed by atoms with van der Waals surface area (Å²) in [6.45, 7) is 1.68. The fraction of sp³-hybridized carbons (Fsp3) is 0.130. The summed E-state index contributed by atoms with van der Waals surface area (Å²) in [6, 6.07) is 18.5. The number of carbonyl (C=O) groups excluding carboxylic acids is 1. The van der Waals surface area contributed by atoms with Gasteiger partial charge in [0, 0.05) is 5.92 Å². The van der Waals surface area contributed by atoms with Crippen LogP contribution in [0.15, 0.2) is 60.7 Å². The Bertz CT molecular complexity index is 1080. The highest BCUT2D eigenvalue weighted by atomic mass is 16.5. The third-order valence-corrected chi connectivity index (χ3v) is 5.13. The summed E-state index contributed by atoms with van der Waals surface area (Å²) in [5.74, 6) is -1.43. The van der Waals surface area contributed by atoms with Crippen molar-refractivity contribution in [1.29, 1.82) is 0 Å². The number of anilines is 1. The van der Waals surface area contributed by atoms with Crippen LogP contribution in [-0.2, 0) is 4.74 Å². The average molecular weight is 389 g/mol. The number of carboxylic acids is 1. The average Bonchev–Trinajstić information content (AvgIpc) is 3.03. The van der Waals surface area contributed by atoms with Crippen molar-refractivity contribution in [2.24, 2.45) is 0 Å². The first kappa shape index (κ1) is 18.6. The lowest BCUT2D eigenvalue weighted by Gasteiger charge is -2.15. The van der Waals surface area contributed by atoms with Gasteiger partial charge in [-0.05, 0) is 46.9 Å². The van der Waals surface area contributed by atoms with Crippen molar-refractivity contribution in [2.45, 2.75) is 12.8 Å². The molecule has 0 unspecified atom stereocenters. The zero-order chi connectivity index (χ0) is 20.5. The van der Waals surface area contributed by atoms with Gasteiger partial charge in [-0.15, -0.1) is 0 Å². The fourth-order valence-corrected chi connectivity index (χ4v) is 3.74. The first-order chi connectivity index (χ1) is 14.0. The van der Waals surface area contributed by atoms with Crippen LogP contribution in [0, 0.1) is 6.92 Å². The molecular formula is C23H19NO5. The van der Waals surface area contributed by atoms with E-state index in [1.165, 1.54) is 12.1 Å². The second kappa shape index (κ2) is 7.31. The van der Waals surface area contributed by atoms with Gasteiger partial charge in [0.1, 0.15) is 12.4 Å². The molecule has 1 amide bonds. The van der Waals surface area contributed by atoms with Crippen molar-refractivity contribution >= 4 is 17.7 Å². The minimum atomic E-state index is -1.15. The van der Waals surface area contributed by atoms with Crippen LogP contribution in [0.3, 0.4) is 0 Å². The highest BCUT2D eigenvalue weighted by molar-refractivity contribution is 5.93. The van der Waals surface area contributed by atoms with Crippen molar-refractivity contribution in [2.75, 3.05) is 11.9 Å². The molecule has 6 nitrogen and oxygen atoms in total. The van der Waals surface area contributed by atoms with Gasteiger partial charge in [0.2, 0.25) is 0 Å². The monoisotopic (exact) mass is 389 g/mol. The van der Waals surface area contributed by atoms with Gasteiger partial charge in [-0.1, -0.05) is 48.5 Å². The molecule has 0 aromatic heterocycles. The van der Waals surface area contributed by atoms with E-state index in [0.29, 0.717) is 5.56 Å². The van der Waals surface area contributed by atoms with Crippen LogP contribution in [0.5, 0.6) is 5.75 Å². The molecule has 0 aliphatic heterocycles. The summed E-state index contributed by atoms with van der Waals surface area (Å²) in [5, 5.41) is 21.7. The number of carbonyl (C=O) groups is 2. The molecule has 1 aliphatic rings. The number of nitrogens with one attached hydrogen (secondary N) is 1. The Labute approximate surface area is 167 Å². The Morgan fingerprint density at radius 1 is 1.00 bits per heavy atom. The number of carboxylic acid groups (broad SMARTS) is 1. The highest BCUT2D eigenvalue weighted by Gasteiger charge is 2.29. The van der Waals surface area contributed by atoms with Gasteiger partial charge in [0.25, 0.3) is 0 Å². The number of aromatic hydroxyl groups is 1. The van der Waals surface area contributed by atoms with Crippen LogP contribution in [0.25, 0.3) is 11.1 Å². The van der Waals surface area contributed by atoms with Crippen LogP contribution in [0.1, 0.15) is 33.0 Å². The Morgan fingerprint density at radius 3 is 2.17 bits per heavy atom. The Hall–Kier alpha value is -3.80. The topological polar surface area (TPSA) is 95.9 Å². The van der Waals surface area contributed by atoms with Gasteiger partial charge >= 0.3 is 12.1 Å². The van der Waals surface area contributed by atoms with E-state index in [-0.39, 0.29) is 29.5 Å². The summed E-state index contributed by atoms with van der Waals surface area (Å²) >= 11 is 0. The van der Waals surface area contributed by atoms with E-state index in [4.69, 9.17) is 9.84 Å². The first-order valence-electron chi connectivity index (χ1n) is 9.14. The zero-order valence-electron chi connectivity index (χ0n) is 15.7. The van der Waals surface area contributed by atoms with Crippen molar-refractivity contribution in [1.82, 2.24) is 0 Å². The lowest BCUT2D eigenvalue weighted by atomic mass is 9.98. The number of ether oxygens (including phenoxy) is 1. The van der Waals surface area contributed by atoms with E-state index < -0.39 is 12.1 Å². The molecule has 4 rings (SSSR count). The van der Waals surface area contributed by atoms with Crippen molar-refractivity contribution in [3.63, 3.8) is 0 Å². The molecule has 0 atom stereocenters. The van der Waals surface area contributed by atoms with E-state index >= 15 is 0 Å². The Morgan fingerprint density at radius 2 is 1.59 bits per heavy atom. The molecular weight excluding hydrogens is 370 g/mol. The second-order valence-corrected chi connectivity index (χ2v) is 6.95. The Kier molecular flexibility index (Phi) is 4.68. The molecule has 0 saturated carbocycles. The molecule has 1 aliphatic carbocycles. The van der Waals surface area contributed by atoms with Crippen molar-refractivity contribution in [3.05, 3.63) is 82.9 Å². The van der Waals surface area contributed by atoms with E-state index in [2.05, 4.69) is 5.32 Å². The van der Waals surface area contributed by atoms with E-state index in [0.717, 1.165) is 22.3 Å². The summed E-state index contributed by atoms with van der Waals surface area (Å²) < 4.78 is 5.43. The van der Waals surface area contributed by atoms with E-state index in [1.807, 2.05) is 48.5 Å². The second-order valence-electron chi connectivity index (χ2n) is 6.95. The summed E-state index contributed by atoms with van der Waals surface area (Å²) in [7, 11) is 0. The molecule has 0 bridgehead atoms. The smallest absolute Gasteiger partial charge is 0.411 e. The molecule has 0 spiro atoms. The number of aromatic carboxylic acids is 1. The molecule has 0 saturated heterocycles. The SMILES string of the molecule is Cc1cc(C(=O)O)cc(NC(=O)OCC2c3ccccc3-c3ccccc32)c1O. The third kappa shape index (κ3) is 3.40. The van der Waals surface area contributed by atoms with Crippen molar-refractivity contribution in [3.8, 4) is 16.9 Å². The van der Waals surface area contributed by atoms with Crippen LogP contribution in [-0.4, -0.2) is 28.9 Å². The molecule has 0 heterocycles. The summed E-state index contributed by atoms with van der Waals surface area (Å²) in [4.78, 5) is 23.6. The van der Waals surface area contributed by atoms with Crippen LogP contribution in [0.2, 0.25) is 0 Å². The van der Waals surface area contributed by atoms with Gasteiger partial charge in [-0.25, -0.2) is 9.59 Å². The molecule has 29 heavy (non-hydrogen) atoms. The number of aryl methyl sites for hydroxylation is 1. The lowest BCUT2D eigenvalue weighted by Crippen LogP contribution is -2.18. The van der Waals surface area contributed by atoms with Crippen LogP contribution in [0.4, 0.5) is 10.5 Å². The molecule has 3 aromatic rings. The zero-order valence-corrected chi connectivity index (χ0v) is 15.7. The molecule has 3 N–H and O–H groups in total. The molecule has 3 aromatic carbocycles. The number of hydrogen-bond acceptors (Lipinski definition) is 4. The maximum Gasteiger partial charge on any atom is 0.411 e. The molecule has 0 radical (unpaired) electrons. The van der Waals surface area contributed by atoms with Crippen LogP contribution < -0.4 is 5.32 Å². The maximum absolute atomic E-state index is 12.3. The number of rotatable bonds is 4. The lowest BCUT2D eigenvalue weighted by molar-refractivity contribution is 0.0696. The van der Waals surface area contributed by atoms with E-state index in [1.54, 1.807) is 6.92 Å². The minimum absolute atomic E-state index is 0.000350. The molecule has 0 fully saturated rings. The minimum Gasteiger partial charge on any atom is -0.505 e. The van der Waals surface area contributed by atoms with Gasteiger partial charge in [0.05, 0.1) is 11.3 Å². The van der Waals surface area contributed by atoms with Gasteiger partial charge in [-0.2, -0.15) is 0 Å². The Balaban J connectivity index is 1.52. The quantitative estimate of drug-likeness (QED) is 0.559. The summed E-state index contributed by atoms with van der Waals surface area (Å²) in [5.41, 5.74) is 4.74. The van der Waals surface area contributed by atoms with E-state index in [9.17, 15) is 14.7 Å². The largest absolute Gasteiger partial charge is 0.505 e. The first-order valence-corrected chi connectivity index (χ1v) is 9.14. The number of phenolic OH excluding ortho intramolecular Hbond substituents is 1. The van der Waals surface area contributed by atoms with Gasteiger partial charge < -0.3 is 14.9 Å². The fourth-order valence-electron chi connectivity index (χ4n) is 3.74.